The van der Waals surface area contributed by atoms with Crippen LogP contribution >= 0.6 is 15.9 Å². The first-order valence-corrected chi connectivity index (χ1v) is 6.83. The summed E-state index contributed by atoms with van der Waals surface area (Å²) in [4.78, 5) is 12.1. The van der Waals surface area contributed by atoms with E-state index in [-0.39, 0.29) is 23.5 Å². The molecule has 1 aliphatic rings. The quantitative estimate of drug-likeness (QED) is 0.932. The summed E-state index contributed by atoms with van der Waals surface area (Å²) >= 11 is 3.37. The predicted octanol–water partition coefficient (Wildman–Crippen LogP) is 2.99. The van der Waals surface area contributed by atoms with Crippen LogP contribution in [0.25, 0.3) is 0 Å². The number of benzene rings is 1. The van der Waals surface area contributed by atoms with Gasteiger partial charge in [0, 0.05) is 28.6 Å². The molecule has 2 unspecified atom stereocenters. The zero-order chi connectivity index (χ0) is 13.3. The van der Waals surface area contributed by atoms with Gasteiger partial charge in [-0.15, -0.1) is 0 Å². The van der Waals surface area contributed by atoms with Crippen molar-refractivity contribution in [3.05, 3.63) is 34.3 Å². The number of rotatable bonds is 3. The average Bonchev–Trinajstić information content (AvgIpc) is 2.33. The lowest BCUT2D eigenvalue weighted by molar-refractivity contribution is -0.0942. The highest BCUT2D eigenvalue weighted by Crippen LogP contribution is 2.42. The Kier molecular flexibility index (Phi) is 3.78. The Morgan fingerprint density at radius 2 is 2.22 bits per heavy atom. The highest BCUT2D eigenvalue weighted by molar-refractivity contribution is 9.10. The van der Waals surface area contributed by atoms with E-state index in [1.165, 1.54) is 0 Å². The van der Waals surface area contributed by atoms with E-state index < -0.39 is 0 Å². The molecule has 1 saturated carbocycles. The van der Waals surface area contributed by atoms with Gasteiger partial charge in [-0.2, -0.15) is 0 Å². The van der Waals surface area contributed by atoms with Crippen LogP contribution in [-0.2, 0) is 4.74 Å². The average molecular weight is 312 g/mol. The second-order valence-electron chi connectivity index (χ2n) is 5.32. The number of amides is 1. The van der Waals surface area contributed by atoms with Crippen molar-refractivity contribution in [3.63, 3.8) is 0 Å². The van der Waals surface area contributed by atoms with Gasteiger partial charge in [0.2, 0.25) is 0 Å². The van der Waals surface area contributed by atoms with E-state index in [0.29, 0.717) is 5.56 Å². The second-order valence-corrected chi connectivity index (χ2v) is 6.23. The molecule has 18 heavy (non-hydrogen) atoms. The van der Waals surface area contributed by atoms with Crippen LogP contribution in [0.4, 0.5) is 0 Å². The van der Waals surface area contributed by atoms with Crippen LogP contribution in [0.3, 0.4) is 0 Å². The van der Waals surface area contributed by atoms with Crippen LogP contribution in [0, 0.1) is 5.41 Å². The molecular formula is C14H18BrNO2. The van der Waals surface area contributed by atoms with E-state index in [1.807, 2.05) is 24.3 Å². The Balaban J connectivity index is 2.01. The molecule has 0 spiro atoms. The molecule has 0 heterocycles. The molecule has 0 aromatic heterocycles. The van der Waals surface area contributed by atoms with Crippen molar-refractivity contribution in [2.45, 2.75) is 32.4 Å². The van der Waals surface area contributed by atoms with E-state index >= 15 is 0 Å². The highest BCUT2D eigenvalue weighted by atomic mass is 79.9. The zero-order valence-corrected chi connectivity index (χ0v) is 12.5. The summed E-state index contributed by atoms with van der Waals surface area (Å²) in [7, 11) is 1.72. The fraction of sp³-hybridized carbons (Fsp3) is 0.500. The maximum absolute atomic E-state index is 12.1. The van der Waals surface area contributed by atoms with E-state index in [1.54, 1.807) is 7.11 Å². The second kappa shape index (κ2) is 5.02. The summed E-state index contributed by atoms with van der Waals surface area (Å²) in [6, 6.07) is 7.59. The van der Waals surface area contributed by atoms with Crippen molar-refractivity contribution in [2.24, 2.45) is 5.41 Å². The molecule has 0 aliphatic heterocycles. The summed E-state index contributed by atoms with van der Waals surface area (Å²) in [5.74, 6) is -0.0241. The number of nitrogens with one attached hydrogen (secondary N) is 1. The van der Waals surface area contributed by atoms with Crippen LogP contribution in [0.1, 0.15) is 30.6 Å². The molecule has 1 fully saturated rings. The summed E-state index contributed by atoms with van der Waals surface area (Å²) in [5.41, 5.74) is 0.678. The van der Waals surface area contributed by atoms with Crippen LogP contribution in [0.5, 0.6) is 0 Å². The smallest absolute Gasteiger partial charge is 0.251 e. The maximum atomic E-state index is 12.1. The van der Waals surface area contributed by atoms with Gasteiger partial charge in [0.25, 0.3) is 5.91 Å². The molecule has 3 nitrogen and oxygen atoms in total. The molecule has 0 radical (unpaired) electrons. The van der Waals surface area contributed by atoms with Crippen molar-refractivity contribution in [1.82, 2.24) is 5.32 Å². The van der Waals surface area contributed by atoms with Gasteiger partial charge in [-0.05, 0) is 24.6 Å². The Morgan fingerprint density at radius 3 is 2.78 bits per heavy atom. The van der Waals surface area contributed by atoms with Gasteiger partial charge in [0.1, 0.15) is 0 Å². The lowest BCUT2D eigenvalue weighted by atomic mass is 9.64. The molecular weight excluding hydrogens is 294 g/mol. The number of carbonyl (C=O) groups excluding carboxylic acids is 1. The SMILES string of the molecule is COC1CC(NC(=O)c2cccc(Br)c2)C1(C)C. The molecule has 4 heteroatoms. The standard InChI is InChI=1S/C14H18BrNO2/c1-14(2)11(8-12(14)18-3)16-13(17)9-5-4-6-10(15)7-9/h4-7,11-12H,8H2,1-3H3,(H,16,17). The van der Waals surface area contributed by atoms with Crippen LogP contribution in [0.15, 0.2) is 28.7 Å². The monoisotopic (exact) mass is 311 g/mol. The third-order valence-corrected chi connectivity index (χ3v) is 4.35. The fourth-order valence-electron chi connectivity index (χ4n) is 2.40. The number of hydrogen-bond donors (Lipinski definition) is 1. The fourth-order valence-corrected chi connectivity index (χ4v) is 2.80. The van der Waals surface area contributed by atoms with Crippen LogP contribution in [0.2, 0.25) is 0 Å². The third-order valence-electron chi connectivity index (χ3n) is 3.85. The Labute approximate surface area is 116 Å². The van der Waals surface area contributed by atoms with E-state index in [4.69, 9.17) is 4.74 Å². The Bertz CT molecular complexity index is 459. The van der Waals surface area contributed by atoms with Gasteiger partial charge < -0.3 is 10.1 Å². The van der Waals surface area contributed by atoms with E-state index in [9.17, 15) is 4.79 Å². The first-order chi connectivity index (χ1) is 8.45. The minimum absolute atomic E-state index is 0.00355. The number of hydrogen-bond acceptors (Lipinski definition) is 2. The summed E-state index contributed by atoms with van der Waals surface area (Å²) in [6.07, 6.45) is 1.11. The largest absolute Gasteiger partial charge is 0.381 e. The molecule has 2 rings (SSSR count). The first kappa shape index (κ1) is 13.6. The van der Waals surface area contributed by atoms with Crippen molar-refractivity contribution in [2.75, 3.05) is 7.11 Å². The minimum atomic E-state index is -0.0241. The minimum Gasteiger partial charge on any atom is -0.381 e. The van der Waals surface area contributed by atoms with Gasteiger partial charge in [0.15, 0.2) is 0 Å². The number of methoxy groups -OCH3 is 1. The number of carbonyl (C=O) groups is 1. The molecule has 0 bridgehead atoms. The van der Waals surface area contributed by atoms with Crippen molar-refractivity contribution in [3.8, 4) is 0 Å². The third kappa shape index (κ3) is 2.45. The van der Waals surface area contributed by atoms with Gasteiger partial charge in [-0.1, -0.05) is 35.8 Å². The van der Waals surface area contributed by atoms with Gasteiger partial charge in [-0.3, -0.25) is 4.79 Å². The predicted molar refractivity (Wildman–Crippen MR) is 74.6 cm³/mol. The van der Waals surface area contributed by atoms with Crippen molar-refractivity contribution >= 4 is 21.8 Å². The van der Waals surface area contributed by atoms with Crippen LogP contribution < -0.4 is 5.32 Å². The molecule has 1 N–H and O–H groups in total. The summed E-state index contributed by atoms with van der Waals surface area (Å²) < 4.78 is 6.29. The summed E-state index contributed by atoms with van der Waals surface area (Å²) in [6.45, 7) is 4.24. The lowest BCUT2D eigenvalue weighted by Crippen LogP contribution is -2.61. The number of halogens is 1. The van der Waals surface area contributed by atoms with Crippen LogP contribution in [-0.4, -0.2) is 25.2 Å². The molecule has 98 valence electrons. The Morgan fingerprint density at radius 1 is 1.50 bits per heavy atom. The van der Waals surface area contributed by atoms with Crippen molar-refractivity contribution in [1.29, 1.82) is 0 Å². The van der Waals surface area contributed by atoms with Gasteiger partial charge in [-0.25, -0.2) is 0 Å². The summed E-state index contributed by atoms with van der Waals surface area (Å²) in [5, 5.41) is 3.07. The number of ether oxygens (including phenoxy) is 1. The zero-order valence-electron chi connectivity index (χ0n) is 10.9. The molecule has 1 aromatic rings. The maximum Gasteiger partial charge on any atom is 0.251 e. The highest BCUT2D eigenvalue weighted by Gasteiger charge is 2.49. The Hall–Kier alpha value is -0.870. The lowest BCUT2D eigenvalue weighted by Gasteiger charge is -2.51. The molecule has 2 atom stereocenters. The normalized spacial score (nSPS) is 25.3. The van der Waals surface area contributed by atoms with Gasteiger partial charge in [0.05, 0.1) is 6.10 Å². The molecule has 1 amide bonds. The van der Waals surface area contributed by atoms with E-state index in [0.717, 1.165) is 10.9 Å². The van der Waals surface area contributed by atoms with Gasteiger partial charge >= 0.3 is 0 Å². The van der Waals surface area contributed by atoms with E-state index in [2.05, 4.69) is 35.1 Å². The molecule has 0 saturated heterocycles. The van der Waals surface area contributed by atoms with Crippen molar-refractivity contribution < 1.29 is 9.53 Å². The topological polar surface area (TPSA) is 38.3 Å². The molecule has 1 aliphatic carbocycles. The first-order valence-electron chi connectivity index (χ1n) is 6.04. The molecule has 1 aromatic carbocycles.